The van der Waals surface area contributed by atoms with Crippen LogP contribution in [0.3, 0.4) is 0 Å². The molecule has 5 atom stereocenters. The number of benzene rings is 1. The van der Waals surface area contributed by atoms with Gasteiger partial charge in [0.25, 0.3) is 0 Å². The van der Waals surface area contributed by atoms with Gasteiger partial charge in [0.15, 0.2) is 0 Å². The second-order valence-electron chi connectivity index (χ2n) is 9.90. The molecule has 37 heavy (non-hydrogen) atoms. The molecule has 5 aliphatic rings. The summed E-state index contributed by atoms with van der Waals surface area (Å²) in [5.74, 6) is -0.981. The molecular formula is C23H22FN5O7P+. The SMILES string of the molecule is COC[C@@H]1[C@@H](C)OC(=O)N1c1noc2c(F)c3c(cc12)CC12C(=O)NC(=O)NC1=[P+]=C1O[C@H](C)CN3[C@H]12. The number of imide groups is 1. The van der Waals surface area contributed by atoms with Crippen molar-refractivity contribution < 1.29 is 37.5 Å². The van der Waals surface area contributed by atoms with Crippen molar-refractivity contribution in [2.45, 2.75) is 44.6 Å². The number of halogens is 1. The summed E-state index contributed by atoms with van der Waals surface area (Å²) in [4.78, 5) is 41.4. The van der Waals surface area contributed by atoms with Crippen molar-refractivity contribution in [2.75, 3.05) is 30.1 Å². The monoisotopic (exact) mass is 530 g/mol. The minimum atomic E-state index is -1.17. The topological polar surface area (TPSA) is 135 Å². The molecule has 12 nitrogen and oxygen atoms in total. The van der Waals surface area contributed by atoms with E-state index in [0.29, 0.717) is 36.5 Å². The van der Waals surface area contributed by atoms with Crippen LogP contribution in [0.1, 0.15) is 19.4 Å². The Balaban J connectivity index is 1.42. The number of hydrogen-bond donors (Lipinski definition) is 2. The number of amides is 4. The molecule has 4 amide bonds. The number of urea groups is 1. The predicted octanol–water partition coefficient (Wildman–Crippen LogP) is 1.52. The number of nitrogens with zero attached hydrogens (tertiary/aromatic N) is 3. The molecule has 3 fully saturated rings. The average Bonchev–Trinajstić information content (AvgIpc) is 3.47. The first kappa shape index (κ1) is 22.9. The number of carbonyl (C=O) groups is 3. The van der Waals surface area contributed by atoms with Gasteiger partial charge in [0.05, 0.1) is 0 Å². The molecule has 3 saturated heterocycles. The van der Waals surface area contributed by atoms with Gasteiger partial charge in [-0.2, -0.15) is 0 Å². The normalized spacial score (nSPS) is 32.1. The standard InChI is InChI=1S/C23H21FN5O7P/c1-8-6-28-14-10(5-23-16(28)18(34-8)37-20(23)26-21(31)25-19(23)30)4-11-15(13(14)24)36-27-17(11)29-12(7-33-3)9(2)35-22(29)32/h4,8-9,12,16H,5-7H2,1-3H3,(H-,25,26,30,31)/p+1/t8-,9-,12-,16-,23?/m1/s1. The van der Waals surface area contributed by atoms with Crippen LogP contribution in [0.5, 0.6) is 0 Å². The molecular weight excluding hydrogens is 508 g/mol. The Kier molecular flexibility index (Phi) is 4.71. The van der Waals surface area contributed by atoms with Gasteiger partial charge in [0.2, 0.25) is 0 Å². The van der Waals surface area contributed by atoms with E-state index in [1.165, 1.54) is 12.0 Å². The molecule has 0 bridgehead atoms. The second-order valence-corrected chi connectivity index (χ2v) is 11.0. The summed E-state index contributed by atoms with van der Waals surface area (Å²) in [5.41, 5.74) is 0.652. The number of aromatic nitrogens is 1. The maximum atomic E-state index is 16.3. The first-order valence-corrected chi connectivity index (χ1v) is 12.7. The van der Waals surface area contributed by atoms with Crippen molar-refractivity contribution in [2.24, 2.45) is 5.41 Å². The molecule has 14 heteroatoms. The third kappa shape index (κ3) is 2.87. The summed E-state index contributed by atoms with van der Waals surface area (Å²) in [7, 11) is 2.10. The van der Waals surface area contributed by atoms with E-state index >= 15 is 4.39 Å². The molecule has 2 N–H and O–H groups in total. The van der Waals surface area contributed by atoms with Gasteiger partial charge in [-0.15, -0.1) is 0 Å². The fourth-order valence-electron chi connectivity index (χ4n) is 6.18. The zero-order valence-electron chi connectivity index (χ0n) is 20.0. The van der Waals surface area contributed by atoms with Crippen molar-refractivity contribution >= 4 is 59.2 Å². The Bertz CT molecular complexity index is 1500. The number of carbonyl (C=O) groups excluding carboxylic acids is 3. The van der Waals surface area contributed by atoms with Gasteiger partial charge in [0, 0.05) is 0 Å². The number of anilines is 2. The van der Waals surface area contributed by atoms with E-state index < -0.39 is 47.5 Å². The summed E-state index contributed by atoms with van der Waals surface area (Å²) in [6, 6.07) is 0.0268. The number of nitrogens with one attached hydrogen (secondary N) is 2. The van der Waals surface area contributed by atoms with Gasteiger partial charge in [-0.05, 0) is 0 Å². The van der Waals surface area contributed by atoms with Crippen molar-refractivity contribution in [3.63, 3.8) is 0 Å². The van der Waals surface area contributed by atoms with Gasteiger partial charge in [-0.3, -0.25) is 0 Å². The molecule has 192 valence electrons. The van der Waals surface area contributed by atoms with E-state index in [0.717, 1.165) is 0 Å². The molecule has 0 saturated carbocycles. The number of rotatable bonds is 3. The van der Waals surface area contributed by atoms with E-state index in [1.807, 2.05) is 11.8 Å². The molecule has 1 aromatic heterocycles. The Hall–Kier alpha value is -3.28. The molecule has 0 radical (unpaired) electrons. The molecule has 0 aliphatic carbocycles. The van der Waals surface area contributed by atoms with Crippen LogP contribution >= 0.6 is 7.83 Å². The van der Waals surface area contributed by atoms with Crippen LogP contribution in [0.4, 0.5) is 25.5 Å². The number of fused-ring (bicyclic) bond motifs is 3. The number of methoxy groups -OCH3 is 1. The minimum absolute atomic E-state index is 0.102. The molecule has 1 spiro atoms. The Morgan fingerprint density at radius 1 is 1.27 bits per heavy atom. The average molecular weight is 530 g/mol. The Morgan fingerprint density at radius 3 is 2.86 bits per heavy atom. The van der Waals surface area contributed by atoms with Crippen molar-refractivity contribution in [1.29, 1.82) is 0 Å². The summed E-state index contributed by atoms with van der Waals surface area (Å²) in [6.07, 6.45) is -1.28. The number of hydrogen-bond acceptors (Lipinski definition) is 9. The molecule has 5 aliphatic heterocycles. The zero-order chi connectivity index (χ0) is 25.8. The van der Waals surface area contributed by atoms with Crippen molar-refractivity contribution in [3.05, 3.63) is 17.4 Å². The van der Waals surface area contributed by atoms with Crippen LogP contribution in [0, 0.1) is 11.2 Å². The summed E-state index contributed by atoms with van der Waals surface area (Å²) < 4.78 is 38.4. The van der Waals surface area contributed by atoms with E-state index in [4.69, 9.17) is 18.7 Å². The zero-order valence-corrected chi connectivity index (χ0v) is 20.9. The molecule has 1 unspecified atom stereocenters. The van der Waals surface area contributed by atoms with E-state index in [9.17, 15) is 14.4 Å². The van der Waals surface area contributed by atoms with Crippen molar-refractivity contribution in [1.82, 2.24) is 15.8 Å². The van der Waals surface area contributed by atoms with Crippen LogP contribution < -0.4 is 20.4 Å². The predicted molar refractivity (Wildman–Crippen MR) is 129 cm³/mol. The molecule has 1 aromatic carbocycles. The maximum absolute atomic E-state index is 16.3. The number of morpholine rings is 1. The van der Waals surface area contributed by atoms with Gasteiger partial charge in [-0.25, -0.2) is 0 Å². The van der Waals surface area contributed by atoms with E-state index in [-0.39, 0.29) is 35.9 Å². The van der Waals surface area contributed by atoms with Crippen molar-refractivity contribution in [3.8, 4) is 0 Å². The first-order valence-electron chi connectivity index (χ1n) is 11.9. The summed E-state index contributed by atoms with van der Waals surface area (Å²) in [5, 5.41) is 9.52. The van der Waals surface area contributed by atoms with Gasteiger partial charge in [0.1, 0.15) is 0 Å². The Labute approximate surface area is 210 Å². The van der Waals surface area contributed by atoms with Gasteiger partial charge >= 0.3 is 210 Å². The fourth-order valence-corrected chi connectivity index (χ4v) is 7.78. The fraction of sp³-hybridized carbons (Fsp3) is 0.478. The third-order valence-corrected chi connectivity index (χ3v) is 9.02. The van der Waals surface area contributed by atoms with Crippen LogP contribution in [-0.2, 0) is 25.4 Å². The van der Waals surface area contributed by atoms with Gasteiger partial charge in [-0.1, -0.05) is 0 Å². The van der Waals surface area contributed by atoms with E-state index in [1.54, 1.807) is 13.0 Å². The summed E-state index contributed by atoms with van der Waals surface area (Å²) >= 11 is 0. The third-order valence-electron chi connectivity index (χ3n) is 7.71. The summed E-state index contributed by atoms with van der Waals surface area (Å²) in [6.45, 7) is 4.11. The van der Waals surface area contributed by atoms with Crippen LogP contribution in [-0.4, -0.2) is 78.6 Å². The van der Waals surface area contributed by atoms with Gasteiger partial charge < -0.3 is 0 Å². The first-order chi connectivity index (χ1) is 17.7. The van der Waals surface area contributed by atoms with Crippen LogP contribution in [0.2, 0.25) is 0 Å². The number of ether oxygens (including phenoxy) is 3. The Morgan fingerprint density at radius 2 is 2.08 bits per heavy atom. The van der Waals surface area contributed by atoms with Crippen LogP contribution in [0.15, 0.2) is 10.6 Å². The molecule has 7 rings (SSSR count). The molecule has 2 aromatic rings. The number of cyclic esters (lactones) is 1. The second kappa shape index (κ2) is 7.62. The quantitative estimate of drug-likeness (QED) is 0.567. The molecule has 6 heterocycles. The van der Waals surface area contributed by atoms with Crippen LogP contribution in [0.25, 0.3) is 11.0 Å². The van der Waals surface area contributed by atoms with E-state index in [2.05, 4.69) is 15.8 Å².